The van der Waals surface area contributed by atoms with Crippen molar-refractivity contribution in [2.24, 2.45) is 0 Å². The fraction of sp³-hybridized carbons (Fsp3) is 0.150. The maximum atomic E-state index is 13.3. The molecule has 0 saturated heterocycles. The summed E-state index contributed by atoms with van der Waals surface area (Å²) in [5.74, 6) is -2.59. The van der Waals surface area contributed by atoms with Crippen LogP contribution < -0.4 is 5.32 Å². The average Bonchev–Trinajstić information content (AvgIpc) is 3.07. The van der Waals surface area contributed by atoms with Crippen molar-refractivity contribution in [3.8, 4) is 0 Å². The minimum atomic E-state index is -3.61. The Balaban J connectivity index is 1.93. The smallest absolute Gasteiger partial charge is 0.248 e. The molecule has 0 radical (unpaired) electrons. The van der Waals surface area contributed by atoms with E-state index >= 15 is 0 Å². The summed E-state index contributed by atoms with van der Waals surface area (Å²) in [6.45, 7) is 1.30. The first kappa shape index (κ1) is 22.6. The van der Waals surface area contributed by atoms with E-state index in [4.69, 9.17) is 16.3 Å². The highest BCUT2D eigenvalue weighted by atomic mass is 35.5. The molecule has 5 nitrogen and oxygen atoms in total. The Bertz CT molecular complexity index is 1170. The first-order valence-corrected chi connectivity index (χ1v) is 12.0. The number of thiophene rings is 1. The topological polar surface area (TPSA) is 64.6 Å². The molecule has 0 spiro atoms. The molecule has 0 fully saturated rings. The normalized spacial score (nSPS) is 14.7. The summed E-state index contributed by atoms with van der Waals surface area (Å²) < 4.78 is 45.3. The molecule has 30 heavy (non-hydrogen) atoms. The molecule has 0 saturated carbocycles. The van der Waals surface area contributed by atoms with Gasteiger partial charge in [-0.25, -0.2) is 13.7 Å². The molecular weight excluding hydrogens is 455 g/mol. The SMILES string of the molecule is COOP(C)(=O)C(C(=O)N/C=C/c1ccc(F)c(F)c1)c1csc2ccc(Cl)cc12. The number of rotatable bonds is 7. The number of halogens is 3. The first-order chi connectivity index (χ1) is 14.2. The molecule has 0 bridgehead atoms. The zero-order chi connectivity index (χ0) is 21.9. The third-order valence-electron chi connectivity index (χ3n) is 4.24. The van der Waals surface area contributed by atoms with Crippen LogP contribution >= 0.6 is 30.3 Å². The van der Waals surface area contributed by atoms with Crippen molar-refractivity contribution in [1.29, 1.82) is 0 Å². The van der Waals surface area contributed by atoms with Gasteiger partial charge in [-0.2, -0.15) is 4.67 Å². The molecule has 158 valence electrons. The molecule has 3 rings (SSSR count). The molecule has 1 aromatic heterocycles. The zero-order valence-electron chi connectivity index (χ0n) is 15.9. The van der Waals surface area contributed by atoms with E-state index in [9.17, 15) is 18.1 Å². The number of hydrogen-bond acceptors (Lipinski definition) is 5. The van der Waals surface area contributed by atoms with Crippen molar-refractivity contribution in [3.05, 3.63) is 75.8 Å². The molecule has 2 aromatic carbocycles. The fourth-order valence-corrected chi connectivity index (χ4v) is 5.79. The average molecular weight is 472 g/mol. The van der Waals surface area contributed by atoms with Gasteiger partial charge in [0.25, 0.3) is 0 Å². The monoisotopic (exact) mass is 471 g/mol. The van der Waals surface area contributed by atoms with E-state index in [2.05, 4.69) is 10.2 Å². The van der Waals surface area contributed by atoms with Gasteiger partial charge in [0.05, 0.1) is 7.11 Å². The van der Waals surface area contributed by atoms with Gasteiger partial charge in [0.2, 0.25) is 13.3 Å². The van der Waals surface area contributed by atoms with Gasteiger partial charge in [-0.3, -0.25) is 9.36 Å². The summed E-state index contributed by atoms with van der Waals surface area (Å²) in [4.78, 5) is 17.6. The molecule has 3 aromatic rings. The molecule has 1 amide bonds. The van der Waals surface area contributed by atoms with Crippen molar-refractivity contribution >= 4 is 52.4 Å². The maximum absolute atomic E-state index is 13.3. The molecule has 2 unspecified atom stereocenters. The molecular formula is C20H17ClF2NO4PS. The molecule has 1 N–H and O–H groups in total. The standard InChI is InChI=1S/C20H17ClF2NO4PS/c1-27-28-29(2,26)19(15-11-30-18-6-4-13(21)10-14(15)18)20(25)24-8-7-12-3-5-16(22)17(23)9-12/h3-11,19H,1-2H3,(H,24,25)/b8-7+. The van der Waals surface area contributed by atoms with Crippen LogP contribution in [-0.2, 0) is 18.9 Å². The minimum absolute atomic E-state index is 0.339. The van der Waals surface area contributed by atoms with Crippen molar-refractivity contribution in [2.75, 3.05) is 13.8 Å². The largest absolute Gasteiger partial charge is 0.332 e. The van der Waals surface area contributed by atoms with E-state index < -0.39 is 30.6 Å². The van der Waals surface area contributed by atoms with Gasteiger partial charge in [0.15, 0.2) is 11.6 Å². The summed E-state index contributed by atoms with van der Waals surface area (Å²) in [6, 6.07) is 8.54. The molecule has 0 aliphatic heterocycles. The van der Waals surface area contributed by atoms with Crippen molar-refractivity contribution < 1.29 is 27.7 Å². The Morgan fingerprint density at radius 1 is 1.23 bits per heavy atom. The number of carbonyl (C=O) groups excluding carboxylic acids is 1. The Labute approximate surface area is 180 Å². The van der Waals surface area contributed by atoms with E-state index in [1.54, 1.807) is 17.5 Å². The predicted molar refractivity (Wildman–Crippen MR) is 115 cm³/mol. The van der Waals surface area contributed by atoms with Gasteiger partial charge in [-0.1, -0.05) is 17.7 Å². The number of carbonyl (C=O) groups is 1. The van der Waals surface area contributed by atoms with Crippen molar-refractivity contribution in [2.45, 2.75) is 5.66 Å². The molecule has 0 aliphatic rings. The Morgan fingerprint density at radius 2 is 2.00 bits per heavy atom. The lowest BCUT2D eigenvalue weighted by Crippen LogP contribution is -2.25. The second kappa shape index (κ2) is 9.37. The van der Waals surface area contributed by atoms with Crippen LogP contribution in [0.15, 0.2) is 48.0 Å². The van der Waals surface area contributed by atoms with E-state index in [0.29, 0.717) is 21.5 Å². The first-order valence-electron chi connectivity index (χ1n) is 8.61. The number of nitrogens with one attached hydrogen (secondary N) is 1. The Kier molecular flexibility index (Phi) is 7.06. The molecule has 1 heterocycles. The number of benzene rings is 2. The summed E-state index contributed by atoms with van der Waals surface area (Å²) >= 11 is 7.47. The lowest BCUT2D eigenvalue weighted by atomic mass is 10.1. The minimum Gasteiger partial charge on any atom is -0.332 e. The number of amides is 1. The second-order valence-corrected chi connectivity index (χ2v) is 10.2. The lowest BCUT2D eigenvalue weighted by Gasteiger charge is -2.21. The van der Waals surface area contributed by atoms with Crippen LogP contribution in [-0.4, -0.2) is 19.7 Å². The second-order valence-electron chi connectivity index (χ2n) is 6.40. The maximum Gasteiger partial charge on any atom is 0.248 e. The Hall–Kier alpha value is -2.09. The van der Waals surface area contributed by atoms with Crippen molar-refractivity contribution in [1.82, 2.24) is 5.32 Å². The lowest BCUT2D eigenvalue weighted by molar-refractivity contribution is -0.177. The van der Waals surface area contributed by atoms with E-state index in [0.717, 1.165) is 16.8 Å². The van der Waals surface area contributed by atoms with Crippen LogP contribution in [0.5, 0.6) is 0 Å². The number of fused-ring (bicyclic) bond motifs is 1. The number of hydrogen-bond donors (Lipinski definition) is 1. The summed E-state index contributed by atoms with van der Waals surface area (Å²) in [7, 11) is -2.40. The van der Waals surface area contributed by atoms with E-state index in [1.807, 2.05) is 6.07 Å². The van der Waals surface area contributed by atoms with Gasteiger partial charge < -0.3 is 5.32 Å². The van der Waals surface area contributed by atoms with Gasteiger partial charge in [-0.05, 0) is 58.3 Å². The van der Waals surface area contributed by atoms with Gasteiger partial charge in [-0.15, -0.1) is 11.3 Å². The van der Waals surface area contributed by atoms with Gasteiger partial charge in [0, 0.05) is 22.6 Å². The van der Waals surface area contributed by atoms with E-state index in [-0.39, 0.29) is 0 Å². The molecule has 2 atom stereocenters. The quantitative estimate of drug-likeness (QED) is 0.255. The summed E-state index contributed by atoms with van der Waals surface area (Å²) in [6.07, 6.45) is 2.65. The highest BCUT2D eigenvalue weighted by molar-refractivity contribution is 7.59. The highest BCUT2D eigenvalue weighted by Gasteiger charge is 2.39. The van der Waals surface area contributed by atoms with Crippen LogP contribution in [0.3, 0.4) is 0 Å². The van der Waals surface area contributed by atoms with Gasteiger partial charge >= 0.3 is 0 Å². The van der Waals surface area contributed by atoms with Crippen LogP contribution in [0, 0.1) is 11.6 Å². The summed E-state index contributed by atoms with van der Waals surface area (Å²) in [5, 5.41) is 5.40. The van der Waals surface area contributed by atoms with Crippen LogP contribution in [0.1, 0.15) is 16.8 Å². The predicted octanol–water partition coefficient (Wildman–Crippen LogP) is 6.15. The van der Waals surface area contributed by atoms with Crippen LogP contribution in [0.4, 0.5) is 8.78 Å². The third kappa shape index (κ3) is 4.96. The molecule has 10 heteroatoms. The molecule has 0 aliphatic carbocycles. The van der Waals surface area contributed by atoms with E-state index in [1.165, 1.54) is 43.5 Å². The third-order valence-corrected chi connectivity index (χ3v) is 7.36. The fourth-order valence-electron chi connectivity index (χ4n) is 2.95. The highest BCUT2D eigenvalue weighted by Crippen LogP contribution is 2.59. The van der Waals surface area contributed by atoms with Crippen molar-refractivity contribution in [3.63, 3.8) is 0 Å². The summed E-state index contributed by atoms with van der Waals surface area (Å²) in [5.41, 5.74) is -0.357. The van der Waals surface area contributed by atoms with Gasteiger partial charge in [0.1, 0.15) is 5.66 Å². The zero-order valence-corrected chi connectivity index (χ0v) is 18.4. The van der Waals surface area contributed by atoms with Crippen LogP contribution in [0.2, 0.25) is 5.02 Å². The van der Waals surface area contributed by atoms with Crippen LogP contribution in [0.25, 0.3) is 16.2 Å². The Morgan fingerprint density at radius 3 is 2.70 bits per heavy atom.